The third kappa shape index (κ3) is 6.06. The van der Waals surface area contributed by atoms with Crippen LogP contribution >= 0.6 is 11.3 Å². The lowest BCUT2D eigenvalue weighted by Crippen LogP contribution is -2.35. The van der Waals surface area contributed by atoms with Crippen molar-refractivity contribution in [2.75, 3.05) is 13.1 Å². The summed E-state index contributed by atoms with van der Waals surface area (Å²) in [6.45, 7) is 1.56. The summed E-state index contributed by atoms with van der Waals surface area (Å²) in [5.41, 5.74) is 2.31. The van der Waals surface area contributed by atoms with E-state index in [4.69, 9.17) is 0 Å². The summed E-state index contributed by atoms with van der Waals surface area (Å²) in [6, 6.07) is 23.8. The van der Waals surface area contributed by atoms with Gasteiger partial charge < -0.3 is 10.2 Å². The highest BCUT2D eigenvalue weighted by Gasteiger charge is 2.15. The molecular weight excluding hydrogens is 368 g/mol. The van der Waals surface area contributed by atoms with Gasteiger partial charge in [-0.15, -0.1) is 11.3 Å². The lowest BCUT2D eigenvalue weighted by molar-refractivity contribution is -0.131. The van der Waals surface area contributed by atoms with E-state index in [2.05, 4.69) is 17.4 Å². The first-order chi connectivity index (χ1) is 13.7. The molecule has 0 saturated heterocycles. The summed E-state index contributed by atoms with van der Waals surface area (Å²) < 4.78 is 0. The predicted octanol–water partition coefficient (Wildman–Crippen LogP) is 4.14. The molecular formula is C23H24N2O2S. The van der Waals surface area contributed by atoms with Crippen molar-refractivity contribution in [2.24, 2.45) is 0 Å². The molecule has 5 heteroatoms. The van der Waals surface area contributed by atoms with Crippen molar-refractivity contribution in [1.29, 1.82) is 0 Å². The van der Waals surface area contributed by atoms with Gasteiger partial charge in [-0.2, -0.15) is 0 Å². The maximum atomic E-state index is 12.8. The summed E-state index contributed by atoms with van der Waals surface area (Å²) in [7, 11) is 0. The van der Waals surface area contributed by atoms with Crippen molar-refractivity contribution in [3.8, 4) is 0 Å². The van der Waals surface area contributed by atoms with Gasteiger partial charge in [-0.05, 0) is 29.0 Å². The maximum absolute atomic E-state index is 12.8. The molecule has 0 atom stereocenters. The van der Waals surface area contributed by atoms with Crippen molar-refractivity contribution in [2.45, 2.75) is 19.4 Å². The zero-order valence-electron chi connectivity index (χ0n) is 15.7. The lowest BCUT2D eigenvalue weighted by Gasteiger charge is -2.23. The van der Waals surface area contributed by atoms with Gasteiger partial charge in [-0.1, -0.05) is 66.7 Å². The van der Waals surface area contributed by atoms with Gasteiger partial charge in [-0.25, -0.2) is 0 Å². The SMILES string of the molecule is O=C(NCCC(=O)N(CCc1ccccc1)Cc1ccccc1)c1cccs1. The fourth-order valence-corrected chi connectivity index (χ4v) is 3.58. The van der Waals surface area contributed by atoms with Crippen LogP contribution in [-0.2, 0) is 17.8 Å². The van der Waals surface area contributed by atoms with Crippen LogP contribution in [0.15, 0.2) is 78.2 Å². The minimum Gasteiger partial charge on any atom is -0.351 e. The van der Waals surface area contributed by atoms with E-state index >= 15 is 0 Å². The molecule has 0 fully saturated rings. The Morgan fingerprint density at radius 2 is 1.54 bits per heavy atom. The summed E-state index contributed by atoms with van der Waals surface area (Å²) in [6.07, 6.45) is 1.10. The van der Waals surface area contributed by atoms with E-state index in [-0.39, 0.29) is 11.8 Å². The third-order valence-electron chi connectivity index (χ3n) is 4.45. The van der Waals surface area contributed by atoms with Gasteiger partial charge in [0, 0.05) is 26.1 Å². The highest BCUT2D eigenvalue weighted by atomic mass is 32.1. The van der Waals surface area contributed by atoms with E-state index in [1.54, 1.807) is 6.07 Å². The molecule has 1 heterocycles. The molecule has 0 radical (unpaired) electrons. The molecule has 0 bridgehead atoms. The molecule has 1 N–H and O–H groups in total. The van der Waals surface area contributed by atoms with Crippen molar-refractivity contribution in [3.63, 3.8) is 0 Å². The van der Waals surface area contributed by atoms with Gasteiger partial charge in [0.15, 0.2) is 0 Å². The van der Waals surface area contributed by atoms with Crippen LogP contribution in [0, 0.1) is 0 Å². The van der Waals surface area contributed by atoms with Crippen LogP contribution in [0.2, 0.25) is 0 Å². The van der Waals surface area contributed by atoms with Crippen molar-refractivity contribution >= 4 is 23.2 Å². The summed E-state index contributed by atoms with van der Waals surface area (Å²) in [4.78, 5) is 27.4. The van der Waals surface area contributed by atoms with Crippen LogP contribution in [0.3, 0.4) is 0 Å². The minimum atomic E-state index is -0.123. The Kier molecular flexibility index (Phi) is 7.38. The topological polar surface area (TPSA) is 49.4 Å². The number of nitrogens with zero attached hydrogens (tertiary/aromatic N) is 1. The van der Waals surface area contributed by atoms with Crippen LogP contribution in [0.25, 0.3) is 0 Å². The summed E-state index contributed by atoms with van der Waals surface area (Å²) in [5.74, 6) is -0.0760. The average molecular weight is 393 g/mol. The highest BCUT2D eigenvalue weighted by Crippen LogP contribution is 2.10. The molecule has 3 aromatic rings. The fraction of sp³-hybridized carbons (Fsp3) is 0.217. The second-order valence-electron chi connectivity index (χ2n) is 6.52. The summed E-state index contributed by atoms with van der Waals surface area (Å²) >= 11 is 1.40. The molecule has 144 valence electrons. The standard InChI is InChI=1S/C23H24N2O2S/c26-22(13-15-24-23(27)21-12-7-17-28-21)25(18-20-10-5-2-6-11-20)16-14-19-8-3-1-4-9-19/h1-12,17H,13-16,18H2,(H,24,27). The number of benzene rings is 2. The van der Waals surface area contributed by atoms with Crippen molar-refractivity contribution in [3.05, 3.63) is 94.2 Å². The molecule has 0 aliphatic rings. The Bertz CT molecular complexity index is 864. The Hall–Kier alpha value is -2.92. The summed E-state index contributed by atoms with van der Waals surface area (Å²) in [5, 5.41) is 4.70. The van der Waals surface area contributed by atoms with Crippen LogP contribution in [0.1, 0.15) is 27.2 Å². The van der Waals surface area contributed by atoms with Crippen LogP contribution < -0.4 is 5.32 Å². The van der Waals surface area contributed by atoms with E-state index in [0.29, 0.717) is 30.9 Å². The van der Waals surface area contributed by atoms with Gasteiger partial charge >= 0.3 is 0 Å². The molecule has 0 spiro atoms. The quantitative estimate of drug-likeness (QED) is 0.595. The van der Waals surface area contributed by atoms with E-state index in [1.807, 2.05) is 64.9 Å². The predicted molar refractivity (Wildman–Crippen MR) is 113 cm³/mol. The Morgan fingerprint density at radius 1 is 0.857 bits per heavy atom. The largest absolute Gasteiger partial charge is 0.351 e. The number of hydrogen-bond acceptors (Lipinski definition) is 3. The zero-order chi connectivity index (χ0) is 19.6. The third-order valence-corrected chi connectivity index (χ3v) is 5.32. The number of rotatable bonds is 9. The van der Waals surface area contributed by atoms with E-state index in [9.17, 15) is 9.59 Å². The molecule has 1 aromatic heterocycles. The lowest BCUT2D eigenvalue weighted by atomic mass is 10.1. The van der Waals surface area contributed by atoms with Gasteiger partial charge in [0.2, 0.25) is 5.91 Å². The molecule has 3 rings (SSSR count). The Morgan fingerprint density at radius 3 is 2.18 bits per heavy atom. The Labute approximate surface area is 169 Å². The van der Waals surface area contributed by atoms with Crippen LogP contribution in [-0.4, -0.2) is 29.8 Å². The van der Waals surface area contributed by atoms with Gasteiger partial charge in [0.25, 0.3) is 5.91 Å². The normalized spacial score (nSPS) is 10.4. The smallest absolute Gasteiger partial charge is 0.261 e. The van der Waals surface area contributed by atoms with Crippen molar-refractivity contribution < 1.29 is 9.59 Å². The first-order valence-corrected chi connectivity index (χ1v) is 10.3. The molecule has 0 unspecified atom stereocenters. The molecule has 0 saturated carbocycles. The highest BCUT2D eigenvalue weighted by molar-refractivity contribution is 7.12. The minimum absolute atomic E-state index is 0.0475. The number of thiophene rings is 1. The molecule has 0 aliphatic carbocycles. The molecule has 2 amide bonds. The van der Waals surface area contributed by atoms with Crippen LogP contribution in [0.4, 0.5) is 0 Å². The Balaban J connectivity index is 1.56. The maximum Gasteiger partial charge on any atom is 0.261 e. The van der Waals surface area contributed by atoms with Gasteiger partial charge in [-0.3, -0.25) is 9.59 Å². The number of nitrogens with one attached hydrogen (secondary N) is 1. The van der Waals surface area contributed by atoms with Gasteiger partial charge in [0.05, 0.1) is 4.88 Å². The average Bonchev–Trinajstić information content (AvgIpc) is 3.27. The molecule has 0 aliphatic heterocycles. The number of hydrogen-bond donors (Lipinski definition) is 1. The van der Waals surface area contributed by atoms with Crippen LogP contribution in [0.5, 0.6) is 0 Å². The first kappa shape index (κ1) is 19.8. The second kappa shape index (κ2) is 10.4. The van der Waals surface area contributed by atoms with E-state index < -0.39 is 0 Å². The van der Waals surface area contributed by atoms with Crippen molar-refractivity contribution in [1.82, 2.24) is 10.2 Å². The molecule has 2 aromatic carbocycles. The second-order valence-corrected chi connectivity index (χ2v) is 7.47. The number of carbonyl (C=O) groups excluding carboxylic acids is 2. The van der Waals surface area contributed by atoms with E-state index in [0.717, 1.165) is 12.0 Å². The number of carbonyl (C=O) groups is 2. The fourth-order valence-electron chi connectivity index (χ4n) is 2.94. The monoisotopic (exact) mass is 392 g/mol. The zero-order valence-corrected chi connectivity index (χ0v) is 16.5. The van der Waals surface area contributed by atoms with Gasteiger partial charge in [0.1, 0.15) is 0 Å². The van der Waals surface area contributed by atoms with E-state index in [1.165, 1.54) is 16.9 Å². The molecule has 4 nitrogen and oxygen atoms in total. The first-order valence-electron chi connectivity index (χ1n) is 9.40. The molecule has 28 heavy (non-hydrogen) atoms. The number of amides is 2.